The Hall–Kier alpha value is -1.26. The van der Waals surface area contributed by atoms with Crippen molar-refractivity contribution in [2.24, 2.45) is 0 Å². The predicted molar refractivity (Wildman–Crippen MR) is 43.8 cm³/mol. The van der Waals surface area contributed by atoms with Crippen molar-refractivity contribution in [3.8, 4) is 0 Å². The van der Waals surface area contributed by atoms with E-state index in [4.69, 9.17) is 0 Å². The average Bonchev–Trinajstić information content (AvgIpc) is 2.04. The molecule has 0 atom stereocenters. The maximum atomic E-state index is 10.2. The zero-order valence-corrected chi connectivity index (χ0v) is 8.08. The van der Waals surface area contributed by atoms with E-state index in [-0.39, 0.29) is 12.1 Å². The fraction of sp³-hybridized carbons (Fsp3) is 0.714. The molecule has 72 valence electrons. The molecule has 0 radical (unpaired) electrons. The van der Waals surface area contributed by atoms with Gasteiger partial charge in [-0.3, -0.25) is 4.79 Å². The number of methoxy groups -OCH3 is 2. The highest BCUT2D eigenvalue weighted by molar-refractivity contribution is 5.66. The van der Waals surface area contributed by atoms with Crippen molar-refractivity contribution in [3.63, 3.8) is 0 Å². The molecule has 0 saturated carbocycles. The molecular weight excluding hydrogens is 162 g/mol. The summed E-state index contributed by atoms with van der Waals surface area (Å²) in [6.45, 7) is 1.36. The van der Waals surface area contributed by atoms with Crippen LogP contribution in [0.5, 0.6) is 0 Å². The molecule has 0 saturated heterocycles. The van der Waals surface area contributed by atoms with Gasteiger partial charge in [-0.2, -0.15) is 0 Å². The van der Waals surface area contributed by atoms with Crippen molar-refractivity contribution >= 4 is 12.1 Å². The third kappa shape index (κ3) is 11.5. The Kier molecular flexibility index (Phi) is 8.72. The summed E-state index contributed by atoms with van der Waals surface area (Å²) in [5.41, 5.74) is 0. The van der Waals surface area contributed by atoms with E-state index in [1.165, 1.54) is 26.0 Å². The Morgan fingerprint density at radius 2 is 1.42 bits per heavy atom. The number of amides is 1. The van der Waals surface area contributed by atoms with Crippen LogP contribution in [0.4, 0.5) is 4.79 Å². The summed E-state index contributed by atoms with van der Waals surface area (Å²) in [7, 11) is 5.96. The van der Waals surface area contributed by atoms with E-state index in [0.29, 0.717) is 0 Å². The summed E-state index contributed by atoms with van der Waals surface area (Å²) < 4.78 is 8.41. The molecule has 0 unspecified atom stereocenters. The molecule has 0 aliphatic carbocycles. The minimum Gasteiger partial charge on any atom is -0.469 e. The largest absolute Gasteiger partial charge is 0.469 e. The molecule has 0 aromatic heterocycles. The van der Waals surface area contributed by atoms with E-state index in [9.17, 15) is 9.59 Å². The maximum Gasteiger partial charge on any atom is 0.408 e. The molecule has 5 heteroatoms. The number of rotatable bonds is 0. The van der Waals surface area contributed by atoms with Crippen LogP contribution in [0.1, 0.15) is 6.92 Å². The summed E-state index contributed by atoms with van der Waals surface area (Å²) in [6.07, 6.45) is -0.319. The summed E-state index contributed by atoms with van der Waals surface area (Å²) in [6, 6.07) is 0. The SMILES string of the molecule is COC(=O)N(C)C.COC(C)=O. The molecule has 0 heterocycles. The molecule has 0 N–H and O–H groups in total. The van der Waals surface area contributed by atoms with E-state index < -0.39 is 0 Å². The number of nitrogens with zero attached hydrogens (tertiary/aromatic N) is 1. The zero-order valence-electron chi connectivity index (χ0n) is 8.08. The molecule has 0 aliphatic heterocycles. The van der Waals surface area contributed by atoms with Gasteiger partial charge in [-0.15, -0.1) is 0 Å². The lowest BCUT2D eigenvalue weighted by Gasteiger charge is -2.05. The van der Waals surface area contributed by atoms with Gasteiger partial charge in [0.2, 0.25) is 0 Å². The van der Waals surface area contributed by atoms with Gasteiger partial charge in [0.1, 0.15) is 0 Å². The Morgan fingerprint density at radius 1 is 1.08 bits per heavy atom. The monoisotopic (exact) mass is 177 g/mol. The van der Waals surface area contributed by atoms with E-state index in [2.05, 4.69) is 9.47 Å². The standard InChI is InChI=1S/C4H9NO2.C3H6O2/c1-5(2)4(6)7-3;1-3(4)5-2/h1-3H3;1-2H3. The predicted octanol–water partition coefficient (Wildman–Crippen LogP) is 0.494. The maximum absolute atomic E-state index is 10.2. The highest BCUT2D eigenvalue weighted by atomic mass is 16.5. The van der Waals surface area contributed by atoms with E-state index in [0.717, 1.165) is 0 Å². The lowest BCUT2D eigenvalue weighted by atomic mass is 10.8. The first-order valence-electron chi connectivity index (χ1n) is 3.25. The van der Waals surface area contributed by atoms with Crippen molar-refractivity contribution in [3.05, 3.63) is 0 Å². The van der Waals surface area contributed by atoms with Crippen LogP contribution >= 0.6 is 0 Å². The zero-order chi connectivity index (χ0) is 10.1. The quantitative estimate of drug-likeness (QED) is 0.505. The third-order valence-corrected chi connectivity index (χ3v) is 0.827. The number of ether oxygens (including phenoxy) is 2. The first-order valence-corrected chi connectivity index (χ1v) is 3.25. The second kappa shape index (κ2) is 7.84. The minimum absolute atomic E-state index is 0.245. The van der Waals surface area contributed by atoms with Crippen molar-refractivity contribution in [2.75, 3.05) is 28.3 Å². The molecule has 0 aliphatic rings. The highest BCUT2D eigenvalue weighted by Gasteiger charge is 1.97. The van der Waals surface area contributed by atoms with E-state index in [1.807, 2.05) is 0 Å². The fourth-order valence-electron chi connectivity index (χ4n) is 0.183. The van der Waals surface area contributed by atoms with Gasteiger partial charge in [0.05, 0.1) is 14.2 Å². The van der Waals surface area contributed by atoms with Crippen molar-refractivity contribution < 1.29 is 19.1 Å². The summed E-state index contributed by atoms with van der Waals surface area (Å²) >= 11 is 0. The fourth-order valence-corrected chi connectivity index (χ4v) is 0.183. The van der Waals surface area contributed by atoms with Crippen LogP contribution in [0.25, 0.3) is 0 Å². The molecule has 12 heavy (non-hydrogen) atoms. The van der Waals surface area contributed by atoms with Crippen LogP contribution in [-0.4, -0.2) is 45.3 Å². The lowest BCUT2D eigenvalue weighted by Crippen LogP contribution is -2.20. The van der Waals surface area contributed by atoms with Crippen LogP contribution in [0.2, 0.25) is 0 Å². The first kappa shape index (κ1) is 13.3. The van der Waals surface area contributed by atoms with Gasteiger partial charge < -0.3 is 14.4 Å². The highest BCUT2D eigenvalue weighted by Crippen LogP contribution is 1.78. The number of hydrogen-bond acceptors (Lipinski definition) is 4. The smallest absolute Gasteiger partial charge is 0.408 e. The van der Waals surface area contributed by atoms with Crippen LogP contribution in [-0.2, 0) is 14.3 Å². The van der Waals surface area contributed by atoms with Crippen LogP contribution in [0, 0.1) is 0 Å². The molecule has 0 fully saturated rings. The van der Waals surface area contributed by atoms with Gasteiger partial charge in [-0.25, -0.2) is 4.79 Å². The minimum atomic E-state index is -0.319. The van der Waals surface area contributed by atoms with Crippen molar-refractivity contribution in [2.45, 2.75) is 6.92 Å². The normalized spacial score (nSPS) is 7.42. The number of carbonyl (C=O) groups excluding carboxylic acids is 2. The summed E-state index contributed by atoms with van der Waals surface area (Å²) in [4.78, 5) is 21.2. The van der Waals surface area contributed by atoms with E-state index in [1.54, 1.807) is 14.1 Å². The molecule has 0 bridgehead atoms. The first-order chi connectivity index (χ1) is 5.45. The second-order valence-electron chi connectivity index (χ2n) is 2.06. The Labute approximate surface area is 72.2 Å². The number of hydrogen-bond donors (Lipinski definition) is 0. The summed E-state index contributed by atoms with van der Waals surface area (Å²) in [5, 5.41) is 0. The van der Waals surface area contributed by atoms with Gasteiger partial charge >= 0.3 is 12.1 Å². The van der Waals surface area contributed by atoms with Crippen LogP contribution < -0.4 is 0 Å². The molecule has 0 rings (SSSR count). The summed E-state index contributed by atoms with van der Waals surface area (Å²) in [5.74, 6) is -0.245. The number of carbonyl (C=O) groups is 2. The van der Waals surface area contributed by atoms with Gasteiger partial charge in [0, 0.05) is 21.0 Å². The van der Waals surface area contributed by atoms with Gasteiger partial charge in [-0.05, 0) is 0 Å². The Balaban J connectivity index is 0. The Bertz CT molecular complexity index is 144. The number of esters is 1. The van der Waals surface area contributed by atoms with Gasteiger partial charge in [-0.1, -0.05) is 0 Å². The van der Waals surface area contributed by atoms with Crippen molar-refractivity contribution in [1.29, 1.82) is 0 Å². The van der Waals surface area contributed by atoms with E-state index >= 15 is 0 Å². The molecule has 0 aromatic carbocycles. The van der Waals surface area contributed by atoms with Crippen LogP contribution in [0.15, 0.2) is 0 Å². The van der Waals surface area contributed by atoms with Gasteiger partial charge in [0.25, 0.3) is 0 Å². The molecule has 5 nitrogen and oxygen atoms in total. The average molecular weight is 177 g/mol. The molecule has 1 amide bonds. The molecule has 0 spiro atoms. The van der Waals surface area contributed by atoms with Gasteiger partial charge in [0.15, 0.2) is 0 Å². The molecule has 0 aromatic rings. The topological polar surface area (TPSA) is 55.8 Å². The molecular formula is C7H15NO4. The van der Waals surface area contributed by atoms with Crippen LogP contribution in [0.3, 0.4) is 0 Å². The second-order valence-corrected chi connectivity index (χ2v) is 2.06. The lowest BCUT2D eigenvalue weighted by molar-refractivity contribution is -0.137. The third-order valence-electron chi connectivity index (χ3n) is 0.827. The Morgan fingerprint density at radius 3 is 1.42 bits per heavy atom. The van der Waals surface area contributed by atoms with Crippen molar-refractivity contribution in [1.82, 2.24) is 4.90 Å².